The Bertz CT molecular complexity index is 480. The van der Waals surface area contributed by atoms with Crippen LogP contribution < -0.4 is 16.0 Å². The minimum Gasteiger partial charge on any atom is -0.480 e. The first-order valence-corrected chi connectivity index (χ1v) is 6.20. The monoisotopic (exact) mass is 266 g/mol. The molecule has 7 nitrogen and oxygen atoms in total. The summed E-state index contributed by atoms with van der Waals surface area (Å²) < 4.78 is 0. The maximum Gasteiger partial charge on any atom is 0.326 e. The van der Waals surface area contributed by atoms with E-state index in [0.29, 0.717) is 23.9 Å². The number of carbonyl (C=O) groups is 1. The Kier molecular flexibility index (Phi) is 3.75. The number of anilines is 3. The predicted molar refractivity (Wildman–Crippen MR) is 72.2 cm³/mol. The minimum absolute atomic E-state index is 0.206. The number of hydrogen-bond acceptors (Lipinski definition) is 6. The van der Waals surface area contributed by atoms with Crippen molar-refractivity contribution in [2.45, 2.75) is 25.5 Å². The van der Waals surface area contributed by atoms with Crippen LogP contribution in [0.3, 0.4) is 0 Å². The molecular formula is C12H18N4O3. The van der Waals surface area contributed by atoms with Crippen molar-refractivity contribution in [1.82, 2.24) is 4.98 Å². The van der Waals surface area contributed by atoms with E-state index in [9.17, 15) is 9.90 Å². The molecule has 19 heavy (non-hydrogen) atoms. The van der Waals surface area contributed by atoms with Gasteiger partial charge in [-0.15, -0.1) is 0 Å². The minimum atomic E-state index is -0.958. The number of carboxylic acids is 1. The molecule has 1 saturated heterocycles. The Morgan fingerprint density at radius 3 is 3.00 bits per heavy atom. The van der Waals surface area contributed by atoms with Gasteiger partial charge in [0.2, 0.25) is 0 Å². The number of nitrogen functional groups attached to an aromatic ring is 1. The lowest BCUT2D eigenvalue weighted by molar-refractivity contribution is -0.138. The van der Waals surface area contributed by atoms with Gasteiger partial charge < -0.3 is 26.2 Å². The molecule has 0 spiro atoms. The summed E-state index contributed by atoms with van der Waals surface area (Å²) in [5, 5.41) is 21.8. The van der Waals surface area contributed by atoms with E-state index in [0.717, 1.165) is 0 Å². The topological polar surface area (TPSA) is 112 Å². The highest BCUT2D eigenvalue weighted by atomic mass is 16.4. The van der Waals surface area contributed by atoms with E-state index in [1.165, 1.54) is 0 Å². The van der Waals surface area contributed by atoms with Gasteiger partial charge in [0.25, 0.3) is 0 Å². The summed E-state index contributed by atoms with van der Waals surface area (Å²) in [6.07, 6.45) is -0.444. The number of aliphatic carboxylic acids is 1. The summed E-state index contributed by atoms with van der Waals surface area (Å²) in [6.45, 7) is 2.86. The number of nitrogens with zero attached hydrogens (tertiary/aromatic N) is 2. The lowest BCUT2D eigenvalue weighted by Crippen LogP contribution is -2.36. The van der Waals surface area contributed by atoms with Crippen molar-refractivity contribution in [2.75, 3.05) is 29.0 Å². The standard InChI is InChI=1S/C12H18N4O3/c1-2-14-11-8(13)3-4-10(15-11)16-6-7(17)5-9(16)12(18)19/h3-4,7,9,17H,2,5-6,13H2,1H3,(H,14,15)(H,18,19). The Morgan fingerprint density at radius 2 is 2.37 bits per heavy atom. The molecule has 0 saturated carbocycles. The van der Waals surface area contributed by atoms with Crippen LogP contribution >= 0.6 is 0 Å². The summed E-state index contributed by atoms with van der Waals surface area (Å²) in [7, 11) is 0. The third-order valence-electron chi connectivity index (χ3n) is 3.11. The number of aliphatic hydroxyl groups is 1. The zero-order valence-corrected chi connectivity index (χ0v) is 10.7. The van der Waals surface area contributed by atoms with Crippen LogP contribution in [0.4, 0.5) is 17.3 Å². The number of hydrogen-bond donors (Lipinski definition) is 4. The van der Waals surface area contributed by atoms with Crippen molar-refractivity contribution in [3.63, 3.8) is 0 Å². The molecule has 2 atom stereocenters. The molecule has 2 unspecified atom stereocenters. The fourth-order valence-corrected chi connectivity index (χ4v) is 2.23. The van der Waals surface area contributed by atoms with Gasteiger partial charge in [-0.3, -0.25) is 0 Å². The summed E-state index contributed by atoms with van der Waals surface area (Å²) in [5.74, 6) is 0.0832. The summed E-state index contributed by atoms with van der Waals surface area (Å²) in [5.41, 5.74) is 6.30. The smallest absolute Gasteiger partial charge is 0.326 e. The Labute approximate surface area is 111 Å². The van der Waals surface area contributed by atoms with Crippen molar-refractivity contribution in [3.8, 4) is 0 Å². The normalized spacial score (nSPS) is 22.5. The van der Waals surface area contributed by atoms with Crippen LogP contribution in [-0.4, -0.2) is 46.4 Å². The van der Waals surface area contributed by atoms with Crippen molar-refractivity contribution in [2.24, 2.45) is 0 Å². The molecule has 5 N–H and O–H groups in total. The van der Waals surface area contributed by atoms with Crippen LogP contribution in [-0.2, 0) is 4.79 Å². The highest BCUT2D eigenvalue weighted by Gasteiger charge is 2.36. The van der Waals surface area contributed by atoms with E-state index in [2.05, 4.69) is 10.3 Å². The van der Waals surface area contributed by atoms with Gasteiger partial charge in [0.15, 0.2) is 5.82 Å². The lowest BCUT2D eigenvalue weighted by atomic mass is 10.2. The molecule has 1 aromatic rings. The van der Waals surface area contributed by atoms with E-state index in [1.807, 2.05) is 6.92 Å². The first-order chi connectivity index (χ1) is 9.02. The average Bonchev–Trinajstić information content (AvgIpc) is 2.75. The summed E-state index contributed by atoms with van der Waals surface area (Å²) in [4.78, 5) is 17.1. The highest BCUT2D eigenvalue weighted by Crippen LogP contribution is 2.27. The number of aromatic nitrogens is 1. The molecule has 0 bridgehead atoms. The van der Waals surface area contributed by atoms with Crippen LogP contribution in [0.15, 0.2) is 12.1 Å². The Balaban J connectivity index is 2.30. The fraction of sp³-hybridized carbons (Fsp3) is 0.500. The molecule has 0 aliphatic carbocycles. The zero-order chi connectivity index (χ0) is 14.0. The van der Waals surface area contributed by atoms with Gasteiger partial charge in [-0.1, -0.05) is 0 Å². The van der Waals surface area contributed by atoms with Crippen LogP contribution in [0.25, 0.3) is 0 Å². The molecule has 1 aliphatic heterocycles. The molecule has 0 aromatic carbocycles. The SMILES string of the molecule is CCNc1nc(N2CC(O)CC2C(=O)O)ccc1N. The second-order valence-corrected chi connectivity index (χ2v) is 4.53. The van der Waals surface area contributed by atoms with Crippen molar-refractivity contribution in [3.05, 3.63) is 12.1 Å². The number of carboxylic acid groups (broad SMARTS) is 1. The fourth-order valence-electron chi connectivity index (χ4n) is 2.23. The molecule has 104 valence electrons. The van der Waals surface area contributed by atoms with Gasteiger partial charge >= 0.3 is 5.97 Å². The number of nitrogens with one attached hydrogen (secondary N) is 1. The van der Waals surface area contributed by atoms with Crippen molar-refractivity contribution in [1.29, 1.82) is 0 Å². The molecule has 1 fully saturated rings. The van der Waals surface area contributed by atoms with E-state index >= 15 is 0 Å². The van der Waals surface area contributed by atoms with Gasteiger partial charge in [0.05, 0.1) is 11.8 Å². The van der Waals surface area contributed by atoms with E-state index in [1.54, 1.807) is 17.0 Å². The number of pyridine rings is 1. The first-order valence-electron chi connectivity index (χ1n) is 6.20. The van der Waals surface area contributed by atoms with Gasteiger partial charge in [0.1, 0.15) is 11.9 Å². The van der Waals surface area contributed by atoms with E-state index in [4.69, 9.17) is 10.8 Å². The largest absolute Gasteiger partial charge is 0.480 e. The molecule has 7 heteroatoms. The van der Waals surface area contributed by atoms with Gasteiger partial charge in [-0.05, 0) is 19.1 Å². The molecule has 2 heterocycles. The van der Waals surface area contributed by atoms with Crippen LogP contribution in [0, 0.1) is 0 Å². The van der Waals surface area contributed by atoms with Gasteiger partial charge in [-0.2, -0.15) is 0 Å². The quantitative estimate of drug-likeness (QED) is 0.612. The van der Waals surface area contributed by atoms with Gasteiger partial charge in [-0.25, -0.2) is 9.78 Å². The molecular weight excluding hydrogens is 248 g/mol. The van der Waals surface area contributed by atoms with Crippen molar-refractivity contribution < 1.29 is 15.0 Å². The Morgan fingerprint density at radius 1 is 1.63 bits per heavy atom. The summed E-state index contributed by atoms with van der Waals surface area (Å²) >= 11 is 0. The number of rotatable bonds is 4. The second-order valence-electron chi connectivity index (χ2n) is 4.53. The third kappa shape index (κ3) is 2.70. The van der Waals surface area contributed by atoms with Crippen LogP contribution in [0.2, 0.25) is 0 Å². The lowest BCUT2D eigenvalue weighted by Gasteiger charge is -2.23. The molecule has 1 aromatic heterocycles. The first kappa shape index (κ1) is 13.4. The average molecular weight is 266 g/mol. The van der Waals surface area contributed by atoms with Crippen LogP contribution in [0.5, 0.6) is 0 Å². The number of β-amino-alcohol motifs (C(OH)–C–C–N with tert-alkyl or cyclic N) is 1. The molecule has 0 amide bonds. The number of aliphatic hydroxyl groups excluding tert-OH is 1. The van der Waals surface area contributed by atoms with Crippen LogP contribution in [0.1, 0.15) is 13.3 Å². The van der Waals surface area contributed by atoms with E-state index < -0.39 is 18.1 Å². The third-order valence-corrected chi connectivity index (χ3v) is 3.11. The molecule has 2 rings (SSSR count). The maximum absolute atomic E-state index is 11.2. The second kappa shape index (κ2) is 5.31. The molecule has 1 aliphatic rings. The van der Waals surface area contributed by atoms with Crippen molar-refractivity contribution >= 4 is 23.3 Å². The van der Waals surface area contributed by atoms with Gasteiger partial charge in [0, 0.05) is 19.5 Å². The van der Waals surface area contributed by atoms with E-state index in [-0.39, 0.29) is 13.0 Å². The molecule has 0 radical (unpaired) electrons. The zero-order valence-electron chi connectivity index (χ0n) is 10.7. The predicted octanol–water partition coefficient (Wildman–Crippen LogP) is 0.120. The summed E-state index contributed by atoms with van der Waals surface area (Å²) in [6, 6.07) is 2.61. The Hall–Kier alpha value is -2.02. The number of nitrogens with two attached hydrogens (primary N) is 1. The highest BCUT2D eigenvalue weighted by molar-refractivity contribution is 5.79. The maximum atomic E-state index is 11.2.